The molecule has 0 bridgehead atoms. The topological polar surface area (TPSA) is 87.5 Å². The van der Waals surface area contributed by atoms with Crippen LogP contribution in [0.3, 0.4) is 0 Å². The lowest BCUT2D eigenvalue weighted by molar-refractivity contribution is -0.147. The molecule has 0 radical (unpaired) electrons. The van der Waals surface area contributed by atoms with Crippen LogP contribution in [0.25, 0.3) is 0 Å². The molecule has 0 aliphatic carbocycles. The van der Waals surface area contributed by atoms with Gasteiger partial charge in [-0.2, -0.15) is 10.1 Å². The molecule has 24 heavy (non-hydrogen) atoms. The minimum absolute atomic E-state index is 0.188. The number of carbonyl (C=O) groups excluding carboxylic acids is 1. The first-order valence-electron chi connectivity index (χ1n) is 7.60. The highest BCUT2D eigenvalue weighted by Crippen LogP contribution is 2.41. The number of rotatable bonds is 3. The van der Waals surface area contributed by atoms with E-state index in [1.807, 2.05) is 18.2 Å². The number of hydrogen-bond donors (Lipinski definition) is 1. The number of ether oxygens (including phenoxy) is 3. The average Bonchev–Trinajstić information content (AvgIpc) is 3.21. The standard InChI is InChI=1S/C16H16N4O4/c1-3-22-15(21)13-9(2)19-16-17-7-18-20(16)14(13)10-4-5-11-12(6-10)24-8-23-11/h4-7,13-14H,2-3,8H2,1H3,(H,17,18,19). The van der Waals surface area contributed by atoms with E-state index in [0.29, 0.717) is 29.8 Å². The van der Waals surface area contributed by atoms with Gasteiger partial charge in [-0.25, -0.2) is 4.68 Å². The Kier molecular flexibility index (Phi) is 3.37. The number of esters is 1. The summed E-state index contributed by atoms with van der Waals surface area (Å²) in [4.78, 5) is 16.7. The maximum Gasteiger partial charge on any atom is 0.317 e. The van der Waals surface area contributed by atoms with E-state index in [0.717, 1.165) is 5.56 Å². The lowest BCUT2D eigenvalue weighted by atomic mass is 9.89. The highest BCUT2D eigenvalue weighted by molar-refractivity contribution is 5.79. The summed E-state index contributed by atoms with van der Waals surface area (Å²) in [6.45, 7) is 6.23. The van der Waals surface area contributed by atoms with Gasteiger partial charge in [0.15, 0.2) is 11.5 Å². The second kappa shape index (κ2) is 5.55. The number of carbonyl (C=O) groups is 1. The fraction of sp³-hybridized carbons (Fsp3) is 0.312. The van der Waals surface area contributed by atoms with Crippen molar-refractivity contribution in [3.63, 3.8) is 0 Å². The maximum absolute atomic E-state index is 12.5. The van der Waals surface area contributed by atoms with Crippen LogP contribution in [0.2, 0.25) is 0 Å². The SMILES string of the molecule is C=C1Nc2ncnn2C(c2ccc3c(c2)OCO3)C1C(=O)OCC. The molecule has 0 saturated carbocycles. The fourth-order valence-corrected chi connectivity index (χ4v) is 3.03. The third kappa shape index (κ3) is 2.18. The Morgan fingerprint density at radius 3 is 3.12 bits per heavy atom. The van der Waals surface area contributed by atoms with Gasteiger partial charge in [-0.3, -0.25) is 4.79 Å². The number of nitrogens with one attached hydrogen (secondary N) is 1. The molecule has 1 N–H and O–H groups in total. The first-order valence-corrected chi connectivity index (χ1v) is 7.60. The number of nitrogens with zero attached hydrogens (tertiary/aromatic N) is 3. The van der Waals surface area contributed by atoms with Gasteiger partial charge in [0.25, 0.3) is 0 Å². The quantitative estimate of drug-likeness (QED) is 0.858. The van der Waals surface area contributed by atoms with Crippen molar-refractivity contribution in [2.45, 2.75) is 13.0 Å². The molecule has 0 saturated heterocycles. The minimum Gasteiger partial charge on any atom is -0.465 e. The van der Waals surface area contributed by atoms with Crippen molar-refractivity contribution in [1.82, 2.24) is 14.8 Å². The van der Waals surface area contributed by atoms with E-state index in [1.54, 1.807) is 11.6 Å². The molecule has 2 unspecified atom stereocenters. The lowest BCUT2D eigenvalue weighted by Crippen LogP contribution is -2.37. The van der Waals surface area contributed by atoms with E-state index in [1.165, 1.54) is 6.33 Å². The third-order valence-corrected chi connectivity index (χ3v) is 4.08. The lowest BCUT2D eigenvalue weighted by Gasteiger charge is -2.33. The fourth-order valence-electron chi connectivity index (χ4n) is 3.03. The van der Waals surface area contributed by atoms with Crippen LogP contribution in [0.1, 0.15) is 18.5 Å². The van der Waals surface area contributed by atoms with Gasteiger partial charge >= 0.3 is 5.97 Å². The Balaban J connectivity index is 1.82. The van der Waals surface area contributed by atoms with Crippen molar-refractivity contribution < 1.29 is 19.0 Å². The summed E-state index contributed by atoms with van der Waals surface area (Å²) in [7, 11) is 0. The number of hydrogen-bond acceptors (Lipinski definition) is 7. The normalized spacial score (nSPS) is 21.1. The Bertz CT molecular complexity index is 816. The molecule has 2 aliphatic heterocycles. The van der Waals surface area contributed by atoms with Crippen LogP contribution in [0.5, 0.6) is 11.5 Å². The smallest absolute Gasteiger partial charge is 0.317 e. The molecule has 2 atom stereocenters. The second-order valence-corrected chi connectivity index (χ2v) is 5.47. The zero-order valence-corrected chi connectivity index (χ0v) is 13.1. The van der Waals surface area contributed by atoms with Gasteiger partial charge in [0.2, 0.25) is 12.7 Å². The summed E-state index contributed by atoms with van der Waals surface area (Å²) in [5, 5.41) is 7.28. The van der Waals surface area contributed by atoms with Crippen molar-refractivity contribution in [2.24, 2.45) is 5.92 Å². The molecule has 8 nitrogen and oxygen atoms in total. The zero-order chi connectivity index (χ0) is 16.7. The molecule has 2 aliphatic rings. The highest BCUT2D eigenvalue weighted by atomic mass is 16.7. The van der Waals surface area contributed by atoms with Crippen molar-refractivity contribution in [1.29, 1.82) is 0 Å². The van der Waals surface area contributed by atoms with Crippen molar-refractivity contribution >= 4 is 11.9 Å². The van der Waals surface area contributed by atoms with Crippen molar-refractivity contribution in [3.05, 3.63) is 42.4 Å². The maximum atomic E-state index is 12.5. The summed E-state index contributed by atoms with van der Waals surface area (Å²) >= 11 is 0. The van der Waals surface area contributed by atoms with E-state index in [-0.39, 0.29) is 12.8 Å². The Hall–Kier alpha value is -3.03. The summed E-state index contributed by atoms with van der Waals surface area (Å²) in [6.07, 6.45) is 1.43. The van der Waals surface area contributed by atoms with Gasteiger partial charge in [-0.15, -0.1) is 0 Å². The number of anilines is 1. The van der Waals surface area contributed by atoms with Crippen LogP contribution in [-0.2, 0) is 9.53 Å². The monoisotopic (exact) mass is 328 g/mol. The summed E-state index contributed by atoms with van der Waals surface area (Å²) in [5.74, 6) is 0.862. The molecular weight excluding hydrogens is 312 g/mol. The Morgan fingerprint density at radius 2 is 2.29 bits per heavy atom. The predicted molar refractivity (Wildman–Crippen MR) is 83.6 cm³/mol. The molecule has 1 aromatic heterocycles. The van der Waals surface area contributed by atoms with Crippen LogP contribution < -0.4 is 14.8 Å². The summed E-state index contributed by atoms with van der Waals surface area (Å²) in [5.41, 5.74) is 1.36. The summed E-state index contributed by atoms with van der Waals surface area (Å²) < 4.78 is 17.7. The first kappa shape index (κ1) is 14.6. The van der Waals surface area contributed by atoms with Crippen molar-refractivity contribution in [2.75, 3.05) is 18.7 Å². The van der Waals surface area contributed by atoms with Crippen LogP contribution in [0, 0.1) is 5.92 Å². The third-order valence-electron chi connectivity index (χ3n) is 4.08. The summed E-state index contributed by atoms with van der Waals surface area (Å²) in [6, 6.07) is 5.13. The number of aromatic nitrogens is 3. The van der Waals surface area contributed by atoms with Crippen LogP contribution in [0.4, 0.5) is 5.95 Å². The van der Waals surface area contributed by atoms with E-state index >= 15 is 0 Å². The average molecular weight is 328 g/mol. The molecule has 1 aromatic carbocycles. The molecule has 0 spiro atoms. The second-order valence-electron chi connectivity index (χ2n) is 5.47. The van der Waals surface area contributed by atoms with Gasteiger partial charge < -0.3 is 19.5 Å². The molecule has 0 fully saturated rings. The van der Waals surface area contributed by atoms with Gasteiger partial charge in [0.05, 0.1) is 12.6 Å². The van der Waals surface area contributed by atoms with Crippen LogP contribution >= 0.6 is 0 Å². The predicted octanol–water partition coefficient (Wildman–Crippen LogP) is 1.71. The van der Waals surface area contributed by atoms with Crippen molar-refractivity contribution in [3.8, 4) is 11.5 Å². The van der Waals surface area contributed by atoms with Gasteiger partial charge in [0.1, 0.15) is 12.2 Å². The van der Waals surface area contributed by atoms with Gasteiger partial charge in [-0.05, 0) is 24.6 Å². The Labute approximate surface area is 138 Å². The van der Waals surface area contributed by atoms with E-state index in [9.17, 15) is 4.79 Å². The zero-order valence-electron chi connectivity index (χ0n) is 13.1. The first-order chi connectivity index (χ1) is 11.7. The minimum atomic E-state index is -0.625. The van der Waals surface area contributed by atoms with Gasteiger partial charge in [0, 0.05) is 5.70 Å². The molecule has 0 amide bonds. The van der Waals surface area contributed by atoms with E-state index < -0.39 is 12.0 Å². The largest absolute Gasteiger partial charge is 0.465 e. The molecule has 4 rings (SSSR count). The van der Waals surface area contributed by atoms with Crippen LogP contribution in [0.15, 0.2) is 36.8 Å². The van der Waals surface area contributed by atoms with Crippen LogP contribution in [-0.4, -0.2) is 34.1 Å². The molecule has 2 aromatic rings. The van der Waals surface area contributed by atoms with Gasteiger partial charge in [-0.1, -0.05) is 12.6 Å². The Morgan fingerprint density at radius 1 is 1.46 bits per heavy atom. The molecular formula is C16H16N4O4. The van der Waals surface area contributed by atoms with E-state index in [4.69, 9.17) is 14.2 Å². The molecule has 8 heteroatoms. The van der Waals surface area contributed by atoms with E-state index in [2.05, 4.69) is 22.0 Å². The highest BCUT2D eigenvalue weighted by Gasteiger charge is 2.41. The molecule has 3 heterocycles. The molecule has 124 valence electrons. The number of benzene rings is 1. The number of fused-ring (bicyclic) bond motifs is 2.